The fourth-order valence-corrected chi connectivity index (χ4v) is 5.38. The summed E-state index contributed by atoms with van der Waals surface area (Å²) in [5, 5.41) is 12.0. The van der Waals surface area contributed by atoms with Gasteiger partial charge in [0, 0.05) is 58.9 Å². The third-order valence-corrected chi connectivity index (χ3v) is 7.41. The first-order valence-electron chi connectivity index (χ1n) is 14.1. The predicted molar refractivity (Wildman–Crippen MR) is 147 cm³/mol. The molecule has 0 radical (unpaired) electrons. The van der Waals surface area contributed by atoms with Crippen molar-refractivity contribution in [2.45, 2.75) is 58.4 Å². The highest BCUT2D eigenvalue weighted by molar-refractivity contribution is 6.04. The van der Waals surface area contributed by atoms with E-state index in [2.05, 4.69) is 44.3 Å². The Morgan fingerprint density at radius 3 is 2.39 bits per heavy atom. The van der Waals surface area contributed by atoms with Crippen molar-refractivity contribution < 1.29 is 4.79 Å². The van der Waals surface area contributed by atoms with Crippen molar-refractivity contribution in [2.75, 3.05) is 70.3 Å². The summed E-state index contributed by atoms with van der Waals surface area (Å²) in [4.78, 5) is 25.4. The summed E-state index contributed by atoms with van der Waals surface area (Å²) in [7, 11) is 1.87. The Morgan fingerprint density at radius 1 is 0.972 bits per heavy atom. The van der Waals surface area contributed by atoms with Crippen molar-refractivity contribution in [1.82, 2.24) is 35.2 Å². The number of rotatable bonds is 6. The zero-order chi connectivity index (χ0) is 25.3. The Kier molecular flexibility index (Phi) is 9.95. The molecule has 3 saturated heterocycles. The maximum absolute atomic E-state index is 13.1. The van der Waals surface area contributed by atoms with Crippen LogP contribution in [0.3, 0.4) is 0 Å². The van der Waals surface area contributed by atoms with Crippen LogP contribution in [0.2, 0.25) is 0 Å². The van der Waals surface area contributed by atoms with Crippen molar-refractivity contribution in [3.63, 3.8) is 0 Å². The van der Waals surface area contributed by atoms with E-state index in [0.29, 0.717) is 5.69 Å². The highest BCUT2D eigenvalue weighted by atomic mass is 16.2. The molecule has 3 aliphatic heterocycles. The number of likely N-dealkylation sites (tertiary alicyclic amines) is 2. The molecule has 0 spiro atoms. The lowest BCUT2D eigenvalue weighted by Crippen LogP contribution is -2.46. The molecule has 2 N–H and O–H groups in total. The maximum Gasteiger partial charge on any atom is 0.272 e. The minimum absolute atomic E-state index is 0.0790. The molecule has 5 heterocycles. The molecule has 9 nitrogen and oxygen atoms in total. The molecule has 1 amide bonds. The minimum Gasteiger partial charge on any atom is -0.355 e. The maximum atomic E-state index is 13.1. The number of aromatic nitrogens is 3. The summed E-state index contributed by atoms with van der Waals surface area (Å²) >= 11 is 0. The number of piperidine rings is 1. The molecule has 0 bridgehead atoms. The topological polar surface area (TPSA) is 81.6 Å². The van der Waals surface area contributed by atoms with Gasteiger partial charge in [-0.3, -0.25) is 4.79 Å². The Hall–Kier alpha value is -2.23. The fraction of sp³-hybridized carbons (Fsp3) is 0.741. The second-order valence-electron chi connectivity index (χ2n) is 10.4. The zero-order valence-electron chi connectivity index (χ0n) is 22.6. The zero-order valence-corrected chi connectivity index (χ0v) is 22.6. The Labute approximate surface area is 216 Å². The summed E-state index contributed by atoms with van der Waals surface area (Å²) < 4.78 is 1.74. The molecule has 0 aliphatic carbocycles. The lowest BCUT2D eigenvalue weighted by Gasteiger charge is -2.33. The van der Waals surface area contributed by atoms with E-state index in [1.807, 2.05) is 19.2 Å². The average molecular weight is 499 g/mol. The Balaban J connectivity index is 0.000000967. The molecular formula is C27H46N8O. The van der Waals surface area contributed by atoms with Gasteiger partial charge in [0.05, 0.1) is 5.39 Å². The van der Waals surface area contributed by atoms with Crippen LogP contribution in [0, 0.1) is 0 Å². The quantitative estimate of drug-likeness (QED) is 0.633. The first kappa shape index (κ1) is 26.8. The van der Waals surface area contributed by atoms with Gasteiger partial charge in [0.25, 0.3) is 5.91 Å². The molecule has 0 atom stereocenters. The van der Waals surface area contributed by atoms with Crippen molar-refractivity contribution in [3.8, 4) is 0 Å². The van der Waals surface area contributed by atoms with Crippen LogP contribution in [0.1, 0.15) is 62.9 Å². The van der Waals surface area contributed by atoms with Crippen molar-refractivity contribution in [2.24, 2.45) is 7.05 Å². The molecule has 9 heteroatoms. The first-order valence-corrected chi connectivity index (χ1v) is 14.1. The standard InChI is InChI=1S/C24H38N8O.C3H8/c1-29-23-20(5-6-21(27-23)32-13-4-9-25-10-16-32)22(28-29)24(33)26-19-7-14-31(15-8-19)18-17-30-11-2-3-12-30;1-3-2/h5-6,19,25H,2-4,7-18H2,1H3,(H,26,33);3H2,1-2H3. The van der Waals surface area contributed by atoms with Gasteiger partial charge in [0.1, 0.15) is 5.82 Å². The van der Waals surface area contributed by atoms with Gasteiger partial charge in [-0.05, 0) is 63.9 Å². The number of amides is 1. The lowest BCUT2D eigenvalue weighted by atomic mass is 10.0. The molecular weight excluding hydrogens is 452 g/mol. The first-order chi connectivity index (χ1) is 17.6. The van der Waals surface area contributed by atoms with Crippen LogP contribution in [-0.2, 0) is 7.05 Å². The molecule has 0 aromatic carbocycles. The second kappa shape index (κ2) is 13.4. The monoisotopic (exact) mass is 498 g/mol. The van der Waals surface area contributed by atoms with Gasteiger partial charge in [-0.1, -0.05) is 20.3 Å². The van der Waals surface area contributed by atoms with E-state index in [1.54, 1.807) is 4.68 Å². The number of hydrogen-bond donors (Lipinski definition) is 2. The van der Waals surface area contributed by atoms with Crippen LogP contribution in [0.5, 0.6) is 0 Å². The van der Waals surface area contributed by atoms with E-state index >= 15 is 0 Å². The third-order valence-electron chi connectivity index (χ3n) is 7.41. The number of aryl methyl sites for hydroxylation is 1. The van der Waals surface area contributed by atoms with Crippen LogP contribution in [0.4, 0.5) is 5.82 Å². The summed E-state index contributed by atoms with van der Waals surface area (Å²) in [5.74, 6) is 0.882. The molecule has 36 heavy (non-hydrogen) atoms. The lowest BCUT2D eigenvalue weighted by molar-refractivity contribution is 0.0904. The van der Waals surface area contributed by atoms with Crippen molar-refractivity contribution in [1.29, 1.82) is 0 Å². The van der Waals surface area contributed by atoms with Gasteiger partial charge in [0.15, 0.2) is 11.3 Å². The van der Waals surface area contributed by atoms with E-state index in [4.69, 9.17) is 4.98 Å². The van der Waals surface area contributed by atoms with Gasteiger partial charge in [-0.15, -0.1) is 0 Å². The van der Waals surface area contributed by atoms with Crippen LogP contribution >= 0.6 is 0 Å². The predicted octanol–water partition coefficient (Wildman–Crippen LogP) is 2.47. The number of anilines is 1. The van der Waals surface area contributed by atoms with Gasteiger partial charge in [0.2, 0.25) is 0 Å². The van der Waals surface area contributed by atoms with Crippen LogP contribution in [-0.4, -0.2) is 102 Å². The normalized spacial score (nSPS) is 20.2. The molecule has 3 aliphatic rings. The molecule has 5 rings (SSSR count). The van der Waals surface area contributed by atoms with E-state index in [-0.39, 0.29) is 11.9 Å². The summed E-state index contributed by atoms with van der Waals surface area (Å²) in [6.07, 6.45) is 7.06. The molecule has 2 aromatic rings. The smallest absolute Gasteiger partial charge is 0.272 e. The number of nitrogens with zero attached hydrogens (tertiary/aromatic N) is 6. The van der Waals surface area contributed by atoms with Crippen LogP contribution in [0.15, 0.2) is 12.1 Å². The minimum atomic E-state index is -0.0790. The Morgan fingerprint density at radius 2 is 1.67 bits per heavy atom. The second-order valence-corrected chi connectivity index (χ2v) is 10.4. The summed E-state index contributed by atoms with van der Waals surface area (Å²) in [5.41, 5.74) is 1.26. The van der Waals surface area contributed by atoms with E-state index < -0.39 is 0 Å². The molecule has 3 fully saturated rings. The number of carbonyl (C=O) groups is 1. The fourth-order valence-electron chi connectivity index (χ4n) is 5.38. The van der Waals surface area contributed by atoms with Crippen molar-refractivity contribution in [3.05, 3.63) is 17.8 Å². The number of nitrogens with one attached hydrogen (secondary N) is 2. The summed E-state index contributed by atoms with van der Waals surface area (Å²) in [6, 6.07) is 4.26. The molecule has 200 valence electrons. The van der Waals surface area contributed by atoms with Crippen LogP contribution in [0.25, 0.3) is 11.0 Å². The van der Waals surface area contributed by atoms with Gasteiger partial charge in [-0.25, -0.2) is 9.67 Å². The molecule has 2 aromatic heterocycles. The summed E-state index contributed by atoms with van der Waals surface area (Å²) in [6.45, 7) is 15.2. The Bertz CT molecular complexity index is 954. The SMILES string of the molecule is CCC.Cn1nc(C(=O)NC2CCN(CCN3CCCC3)CC2)c2ccc(N3CCCNCC3)nc21. The van der Waals surface area contributed by atoms with Gasteiger partial charge < -0.3 is 25.3 Å². The molecule has 0 unspecified atom stereocenters. The number of hydrogen-bond acceptors (Lipinski definition) is 7. The number of pyridine rings is 1. The number of fused-ring (bicyclic) bond motifs is 1. The average Bonchev–Trinajstić information content (AvgIpc) is 3.43. The third kappa shape index (κ3) is 6.95. The highest BCUT2D eigenvalue weighted by Gasteiger charge is 2.25. The van der Waals surface area contributed by atoms with Crippen molar-refractivity contribution >= 4 is 22.8 Å². The van der Waals surface area contributed by atoms with Crippen LogP contribution < -0.4 is 15.5 Å². The largest absolute Gasteiger partial charge is 0.355 e. The molecule has 0 saturated carbocycles. The van der Waals surface area contributed by atoms with E-state index in [1.165, 1.54) is 38.9 Å². The van der Waals surface area contributed by atoms with E-state index in [9.17, 15) is 4.79 Å². The van der Waals surface area contributed by atoms with Gasteiger partial charge >= 0.3 is 0 Å². The number of carbonyl (C=O) groups excluding carboxylic acids is 1. The van der Waals surface area contributed by atoms with E-state index in [0.717, 1.165) is 81.9 Å². The highest BCUT2D eigenvalue weighted by Crippen LogP contribution is 2.22. The van der Waals surface area contributed by atoms with Gasteiger partial charge in [-0.2, -0.15) is 5.10 Å².